The number of benzene rings is 1. The van der Waals surface area contributed by atoms with Crippen LogP contribution in [0.25, 0.3) is 6.08 Å². The molecule has 0 bridgehead atoms. The second kappa shape index (κ2) is 3.58. The number of hydrogen-bond acceptors (Lipinski definition) is 1. The lowest BCUT2D eigenvalue weighted by Crippen LogP contribution is -2.30. The van der Waals surface area contributed by atoms with Gasteiger partial charge in [0.25, 0.3) is 0 Å². The van der Waals surface area contributed by atoms with Crippen molar-refractivity contribution >= 4 is 11.9 Å². The summed E-state index contributed by atoms with van der Waals surface area (Å²) in [5.74, 6) is 1.90. The summed E-state index contributed by atoms with van der Waals surface area (Å²) in [6, 6.07) is 8.59. The Kier molecular flexibility index (Phi) is 2.20. The lowest BCUT2D eigenvalue weighted by Gasteiger charge is -2.37. The fourth-order valence-corrected chi connectivity index (χ4v) is 3.30. The molecule has 0 heterocycles. The first-order valence-electron chi connectivity index (χ1n) is 6.04. The van der Waals surface area contributed by atoms with E-state index in [9.17, 15) is 4.79 Å². The van der Waals surface area contributed by atoms with Crippen LogP contribution in [0.3, 0.4) is 0 Å². The van der Waals surface area contributed by atoms with Crippen molar-refractivity contribution in [1.29, 1.82) is 0 Å². The molecule has 2 aliphatic carbocycles. The van der Waals surface area contributed by atoms with Gasteiger partial charge in [-0.2, -0.15) is 0 Å². The number of hydrogen-bond donors (Lipinski definition) is 0. The van der Waals surface area contributed by atoms with Crippen LogP contribution in [0.4, 0.5) is 0 Å². The zero-order valence-electron chi connectivity index (χ0n) is 9.52. The summed E-state index contributed by atoms with van der Waals surface area (Å²) < 4.78 is 0. The molecule has 1 saturated carbocycles. The molecule has 3 rings (SSSR count). The Morgan fingerprint density at radius 3 is 2.88 bits per heavy atom. The van der Waals surface area contributed by atoms with Gasteiger partial charge in [0.1, 0.15) is 5.78 Å². The number of carbonyl (C=O) groups excluding carboxylic acids is 1. The van der Waals surface area contributed by atoms with Gasteiger partial charge in [-0.3, -0.25) is 4.79 Å². The van der Waals surface area contributed by atoms with Crippen LogP contribution >= 0.6 is 0 Å². The van der Waals surface area contributed by atoms with E-state index in [0.717, 1.165) is 12.8 Å². The highest BCUT2D eigenvalue weighted by atomic mass is 16.1. The second-order valence-electron chi connectivity index (χ2n) is 5.10. The molecule has 1 aromatic carbocycles. The predicted molar refractivity (Wildman–Crippen MR) is 65.1 cm³/mol. The van der Waals surface area contributed by atoms with E-state index in [1.165, 1.54) is 11.1 Å². The van der Waals surface area contributed by atoms with E-state index in [-0.39, 0.29) is 0 Å². The number of rotatable bonds is 0. The van der Waals surface area contributed by atoms with Crippen LogP contribution in [0.15, 0.2) is 30.3 Å². The first kappa shape index (κ1) is 9.83. The topological polar surface area (TPSA) is 17.1 Å². The van der Waals surface area contributed by atoms with Crippen molar-refractivity contribution in [3.05, 3.63) is 41.5 Å². The minimum absolute atomic E-state index is 0.429. The Bertz CT molecular complexity index is 458. The standard InChI is InChI=1S/C15H16O/c1-10-8-13(16)9-12-7-6-11-4-2-3-5-14(11)15(10)12/h2-7,10,12,15H,8-9H2,1H3/t10-,12-,15+/m1/s1. The van der Waals surface area contributed by atoms with Crippen LogP contribution in [0.2, 0.25) is 0 Å². The third-order valence-corrected chi connectivity index (χ3v) is 3.97. The molecule has 16 heavy (non-hydrogen) atoms. The number of carbonyl (C=O) groups is 1. The molecule has 1 nitrogen and oxygen atoms in total. The highest BCUT2D eigenvalue weighted by Crippen LogP contribution is 2.45. The van der Waals surface area contributed by atoms with Gasteiger partial charge < -0.3 is 0 Å². The maximum absolute atomic E-state index is 11.6. The number of fused-ring (bicyclic) bond motifs is 3. The Morgan fingerprint density at radius 1 is 1.19 bits per heavy atom. The van der Waals surface area contributed by atoms with Crippen molar-refractivity contribution in [3.63, 3.8) is 0 Å². The van der Waals surface area contributed by atoms with Crippen LogP contribution in [0, 0.1) is 11.8 Å². The van der Waals surface area contributed by atoms with Crippen molar-refractivity contribution in [2.45, 2.75) is 25.7 Å². The van der Waals surface area contributed by atoms with E-state index in [1.807, 2.05) is 0 Å². The SMILES string of the molecule is C[C@@H]1CC(=O)C[C@H]2C=Cc3ccccc3[C@@H]12. The lowest BCUT2D eigenvalue weighted by atomic mass is 9.66. The Labute approximate surface area is 96.2 Å². The Balaban J connectivity index is 2.06. The van der Waals surface area contributed by atoms with Crippen molar-refractivity contribution in [2.24, 2.45) is 11.8 Å². The van der Waals surface area contributed by atoms with Crippen LogP contribution < -0.4 is 0 Å². The quantitative estimate of drug-likeness (QED) is 0.644. The molecule has 1 aromatic rings. The lowest BCUT2D eigenvalue weighted by molar-refractivity contribution is -0.122. The molecule has 0 radical (unpaired) electrons. The highest BCUT2D eigenvalue weighted by molar-refractivity contribution is 5.81. The minimum atomic E-state index is 0.429. The maximum atomic E-state index is 11.6. The first-order valence-corrected chi connectivity index (χ1v) is 6.04. The summed E-state index contributed by atoms with van der Waals surface area (Å²) in [4.78, 5) is 11.6. The molecule has 1 fully saturated rings. The van der Waals surface area contributed by atoms with Gasteiger partial charge in [-0.15, -0.1) is 0 Å². The molecular weight excluding hydrogens is 196 g/mol. The molecule has 0 N–H and O–H groups in total. The third kappa shape index (κ3) is 1.42. The normalized spacial score (nSPS) is 32.1. The largest absolute Gasteiger partial charge is 0.300 e. The molecule has 0 saturated heterocycles. The Hall–Kier alpha value is -1.37. The number of allylic oxidation sites excluding steroid dienone is 1. The van der Waals surface area contributed by atoms with Gasteiger partial charge in [0, 0.05) is 12.8 Å². The molecule has 82 valence electrons. The van der Waals surface area contributed by atoms with Crippen molar-refractivity contribution < 1.29 is 4.79 Å². The van der Waals surface area contributed by atoms with Gasteiger partial charge in [-0.05, 0) is 28.9 Å². The van der Waals surface area contributed by atoms with Crippen LogP contribution in [0.1, 0.15) is 36.8 Å². The Morgan fingerprint density at radius 2 is 2.00 bits per heavy atom. The summed E-state index contributed by atoms with van der Waals surface area (Å²) >= 11 is 0. The van der Waals surface area contributed by atoms with Gasteiger partial charge in [0.15, 0.2) is 0 Å². The zero-order chi connectivity index (χ0) is 11.1. The van der Waals surface area contributed by atoms with E-state index in [0.29, 0.717) is 23.5 Å². The molecule has 0 aromatic heterocycles. The molecule has 0 amide bonds. The van der Waals surface area contributed by atoms with Gasteiger partial charge in [0.05, 0.1) is 0 Å². The average molecular weight is 212 g/mol. The minimum Gasteiger partial charge on any atom is -0.300 e. The molecular formula is C15H16O. The molecule has 0 unspecified atom stereocenters. The average Bonchev–Trinajstić information content (AvgIpc) is 2.28. The zero-order valence-corrected chi connectivity index (χ0v) is 9.52. The fraction of sp³-hybridized carbons (Fsp3) is 0.400. The summed E-state index contributed by atoms with van der Waals surface area (Å²) in [7, 11) is 0. The molecule has 0 spiro atoms. The summed E-state index contributed by atoms with van der Waals surface area (Å²) in [6.45, 7) is 2.21. The van der Waals surface area contributed by atoms with Crippen LogP contribution in [-0.4, -0.2) is 5.78 Å². The van der Waals surface area contributed by atoms with Crippen molar-refractivity contribution in [2.75, 3.05) is 0 Å². The second-order valence-corrected chi connectivity index (χ2v) is 5.10. The highest BCUT2D eigenvalue weighted by Gasteiger charge is 2.36. The van der Waals surface area contributed by atoms with Crippen molar-refractivity contribution in [1.82, 2.24) is 0 Å². The molecule has 2 aliphatic rings. The smallest absolute Gasteiger partial charge is 0.133 e. The summed E-state index contributed by atoms with van der Waals surface area (Å²) in [5.41, 5.74) is 2.78. The molecule has 0 aliphatic heterocycles. The van der Waals surface area contributed by atoms with Crippen molar-refractivity contribution in [3.8, 4) is 0 Å². The van der Waals surface area contributed by atoms with E-state index in [1.54, 1.807) is 0 Å². The summed E-state index contributed by atoms with van der Waals surface area (Å²) in [6.07, 6.45) is 5.91. The number of Topliss-reactive ketones (excluding diaryl/α,β-unsaturated/α-hetero) is 1. The fourth-order valence-electron chi connectivity index (χ4n) is 3.30. The van der Waals surface area contributed by atoms with Crippen LogP contribution in [0.5, 0.6) is 0 Å². The predicted octanol–water partition coefficient (Wildman–Crippen LogP) is 3.41. The molecule has 1 heteroatoms. The van der Waals surface area contributed by atoms with E-state index >= 15 is 0 Å². The van der Waals surface area contributed by atoms with E-state index in [2.05, 4.69) is 43.3 Å². The maximum Gasteiger partial charge on any atom is 0.133 e. The number of ketones is 1. The van der Waals surface area contributed by atoms with Gasteiger partial charge >= 0.3 is 0 Å². The third-order valence-electron chi connectivity index (χ3n) is 3.97. The van der Waals surface area contributed by atoms with E-state index < -0.39 is 0 Å². The van der Waals surface area contributed by atoms with Gasteiger partial charge in [0.2, 0.25) is 0 Å². The first-order chi connectivity index (χ1) is 7.75. The van der Waals surface area contributed by atoms with Gasteiger partial charge in [-0.25, -0.2) is 0 Å². The monoisotopic (exact) mass is 212 g/mol. The van der Waals surface area contributed by atoms with E-state index in [4.69, 9.17) is 0 Å². The molecule has 3 atom stereocenters. The van der Waals surface area contributed by atoms with Crippen LogP contribution in [-0.2, 0) is 4.79 Å². The van der Waals surface area contributed by atoms with Gasteiger partial charge in [-0.1, -0.05) is 43.3 Å². The summed E-state index contributed by atoms with van der Waals surface area (Å²) in [5, 5.41) is 0.